The molecule has 0 aliphatic heterocycles. The smallest absolute Gasteiger partial charge is 0.120 e. The molecule has 0 radical (unpaired) electrons. The summed E-state index contributed by atoms with van der Waals surface area (Å²) in [5, 5.41) is 2.42. The number of carbonyl (C=O) groups excluding carboxylic acids is 1. The number of pyridine rings is 1. The van der Waals surface area contributed by atoms with E-state index in [1.54, 1.807) is 0 Å². The summed E-state index contributed by atoms with van der Waals surface area (Å²) in [4.78, 5) is 14.4. The van der Waals surface area contributed by atoms with E-state index in [-0.39, 0.29) is 0 Å². The van der Waals surface area contributed by atoms with E-state index >= 15 is 0 Å². The quantitative estimate of drug-likeness (QED) is 0.559. The lowest BCUT2D eigenvalue weighted by Gasteiger charge is -2.04. The first kappa shape index (κ1) is 9.84. The summed E-state index contributed by atoms with van der Waals surface area (Å²) in [5.74, 6) is 0. The largest absolute Gasteiger partial charge is 0.303 e. The first-order valence-electron chi connectivity index (χ1n) is 5.17. The van der Waals surface area contributed by atoms with E-state index in [0.29, 0.717) is 6.42 Å². The summed E-state index contributed by atoms with van der Waals surface area (Å²) in [6, 6.07) is 8.21. The molecule has 0 saturated carbocycles. The molecule has 0 N–H and O–H groups in total. The molecule has 0 saturated heterocycles. The third kappa shape index (κ3) is 2.21. The molecule has 2 heteroatoms. The van der Waals surface area contributed by atoms with Crippen LogP contribution in [0.1, 0.15) is 18.4 Å². The van der Waals surface area contributed by atoms with Crippen molar-refractivity contribution >= 4 is 17.1 Å². The van der Waals surface area contributed by atoms with Crippen LogP contribution in [-0.4, -0.2) is 11.3 Å². The summed E-state index contributed by atoms with van der Waals surface area (Å²) in [6.07, 6.45) is 7.19. The van der Waals surface area contributed by atoms with E-state index in [1.807, 2.05) is 24.5 Å². The molecule has 0 unspecified atom stereocenters. The van der Waals surface area contributed by atoms with Crippen molar-refractivity contribution in [1.82, 2.24) is 4.98 Å². The standard InChI is InChI=1S/C13H13NO/c15-8-4-3-6-12-10-14-9-11-5-1-2-7-13(11)12/h1-2,5,7-10H,3-4,6H2. The number of rotatable bonds is 4. The number of benzene rings is 1. The number of hydrogen-bond donors (Lipinski definition) is 0. The van der Waals surface area contributed by atoms with Crippen LogP contribution in [0.25, 0.3) is 10.8 Å². The van der Waals surface area contributed by atoms with Crippen LogP contribution in [0.4, 0.5) is 0 Å². The lowest BCUT2D eigenvalue weighted by atomic mass is 10.0. The van der Waals surface area contributed by atoms with Crippen molar-refractivity contribution in [3.05, 3.63) is 42.2 Å². The van der Waals surface area contributed by atoms with Crippen LogP contribution in [0, 0.1) is 0 Å². The first-order valence-corrected chi connectivity index (χ1v) is 5.17. The van der Waals surface area contributed by atoms with Gasteiger partial charge >= 0.3 is 0 Å². The van der Waals surface area contributed by atoms with E-state index in [0.717, 1.165) is 19.1 Å². The second-order valence-corrected chi connectivity index (χ2v) is 3.58. The molecular formula is C13H13NO. The van der Waals surface area contributed by atoms with Gasteiger partial charge in [0.25, 0.3) is 0 Å². The van der Waals surface area contributed by atoms with Gasteiger partial charge in [-0.2, -0.15) is 0 Å². The molecule has 0 atom stereocenters. The highest BCUT2D eigenvalue weighted by Gasteiger charge is 2.00. The topological polar surface area (TPSA) is 30.0 Å². The third-order valence-electron chi connectivity index (χ3n) is 2.52. The summed E-state index contributed by atoms with van der Waals surface area (Å²) >= 11 is 0. The molecule has 0 aliphatic carbocycles. The molecule has 76 valence electrons. The SMILES string of the molecule is O=CCCCc1cncc2ccccc12. The highest BCUT2D eigenvalue weighted by molar-refractivity contribution is 5.84. The molecule has 2 aromatic rings. The minimum Gasteiger partial charge on any atom is -0.303 e. The van der Waals surface area contributed by atoms with Crippen molar-refractivity contribution < 1.29 is 4.79 Å². The van der Waals surface area contributed by atoms with Crippen LogP contribution in [0.15, 0.2) is 36.7 Å². The van der Waals surface area contributed by atoms with Crippen molar-refractivity contribution in [3.8, 4) is 0 Å². The molecule has 0 aliphatic rings. The highest BCUT2D eigenvalue weighted by atomic mass is 16.1. The van der Waals surface area contributed by atoms with Gasteiger partial charge in [0, 0.05) is 24.2 Å². The highest BCUT2D eigenvalue weighted by Crippen LogP contribution is 2.18. The van der Waals surface area contributed by atoms with Gasteiger partial charge in [-0.05, 0) is 23.8 Å². The molecule has 0 bridgehead atoms. The van der Waals surface area contributed by atoms with E-state index in [4.69, 9.17) is 0 Å². The van der Waals surface area contributed by atoms with Gasteiger partial charge in [0.05, 0.1) is 0 Å². The molecule has 1 aromatic heterocycles. The Morgan fingerprint density at radius 2 is 2.07 bits per heavy atom. The minimum absolute atomic E-state index is 0.628. The molecule has 0 fully saturated rings. The average molecular weight is 199 g/mol. The number of aromatic nitrogens is 1. The molecule has 2 nitrogen and oxygen atoms in total. The summed E-state index contributed by atoms with van der Waals surface area (Å²) < 4.78 is 0. The normalized spacial score (nSPS) is 10.4. The monoisotopic (exact) mass is 199 g/mol. The Labute approximate surface area is 89.0 Å². The maximum Gasteiger partial charge on any atom is 0.120 e. The molecule has 15 heavy (non-hydrogen) atoms. The maximum absolute atomic E-state index is 10.2. The van der Waals surface area contributed by atoms with Crippen molar-refractivity contribution in [2.24, 2.45) is 0 Å². The molecule has 0 amide bonds. The van der Waals surface area contributed by atoms with Crippen LogP contribution < -0.4 is 0 Å². The summed E-state index contributed by atoms with van der Waals surface area (Å²) in [6.45, 7) is 0. The third-order valence-corrected chi connectivity index (χ3v) is 2.52. The second-order valence-electron chi connectivity index (χ2n) is 3.58. The van der Waals surface area contributed by atoms with Crippen LogP contribution in [-0.2, 0) is 11.2 Å². The summed E-state index contributed by atoms with van der Waals surface area (Å²) in [7, 11) is 0. The Morgan fingerprint density at radius 1 is 1.20 bits per heavy atom. The molecule has 1 aromatic carbocycles. The molecule has 1 heterocycles. The van der Waals surface area contributed by atoms with E-state index in [9.17, 15) is 4.79 Å². The van der Waals surface area contributed by atoms with Gasteiger partial charge in [-0.1, -0.05) is 24.3 Å². The average Bonchev–Trinajstić information content (AvgIpc) is 2.30. The number of aldehydes is 1. The fraction of sp³-hybridized carbons (Fsp3) is 0.231. The zero-order valence-electron chi connectivity index (χ0n) is 8.52. The van der Waals surface area contributed by atoms with Gasteiger partial charge in [0.1, 0.15) is 6.29 Å². The Bertz CT molecular complexity index is 460. The van der Waals surface area contributed by atoms with Crippen LogP contribution in [0.3, 0.4) is 0 Å². The van der Waals surface area contributed by atoms with Gasteiger partial charge in [-0.25, -0.2) is 0 Å². The number of unbranched alkanes of at least 4 members (excludes halogenated alkanes) is 1. The zero-order chi connectivity index (χ0) is 10.5. The van der Waals surface area contributed by atoms with E-state index in [1.165, 1.54) is 16.3 Å². The predicted molar refractivity (Wildman–Crippen MR) is 60.7 cm³/mol. The van der Waals surface area contributed by atoms with Crippen LogP contribution >= 0.6 is 0 Å². The Balaban J connectivity index is 2.30. The molecule has 2 rings (SSSR count). The summed E-state index contributed by atoms with van der Waals surface area (Å²) in [5.41, 5.74) is 1.23. The minimum atomic E-state index is 0.628. The number of hydrogen-bond acceptors (Lipinski definition) is 2. The second kappa shape index (κ2) is 4.69. The van der Waals surface area contributed by atoms with Crippen molar-refractivity contribution in [2.75, 3.05) is 0 Å². The fourth-order valence-electron chi connectivity index (χ4n) is 1.75. The van der Waals surface area contributed by atoms with E-state index < -0.39 is 0 Å². The van der Waals surface area contributed by atoms with Gasteiger partial charge in [-0.3, -0.25) is 4.98 Å². The van der Waals surface area contributed by atoms with Crippen LogP contribution in [0.2, 0.25) is 0 Å². The van der Waals surface area contributed by atoms with Crippen molar-refractivity contribution in [3.63, 3.8) is 0 Å². The van der Waals surface area contributed by atoms with Gasteiger partial charge < -0.3 is 4.79 Å². The number of carbonyl (C=O) groups is 1. The van der Waals surface area contributed by atoms with Crippen molar-refractivity contribution in [2.45, 2.75) is 19.3 Å². The maximum atomic E-state index is 10.2. The Hall–Kier alpha value is -1.70. The Kier molecular flexibility index (Phi) is 3.08. The first-order chi connectivity index (χ1) is 7.42. The van der Waals surface area contributed by atoms with Gasteiger partial charge in [-0.15, -0.1) is 0 Å². The van der Waals surface area contributed by atoms with Gasteiger partial charge in [0.15, 0.2) is 0 Å². The predicted octanol–water partition coefficient (Wildman–Crippen LogP) is 2.76. The molecular weight excluding hydrogens is 186 g/mol. The van der Waals surface area contributed by atoms with Crippen LogP contribution in [0.5, 0.6) is 0 Å². The lowest BCUT2D eigenvalue weighted by Crippen LogP contribution is -1.89. The number of nitrogens with zero attached hydrogens (tertiary/aromatic N) is 1. The molecule has 0 spiro atoms. The number of fused-ring (bicyclic) bond motifs is 1. The Morgan fingerprint density at radius 3 is 2.93 bits per heavy atom. The lowest BCUT2D eigenvalue weighted by molar-refractivity contribution is -0.107. The van der Waals surface area contributed by atoms with E-state index in [2.05, 4.69) is 17.1 Å². The number of aryl methyl sites for hydroxylation is 1. The fourth-order valence-corrected chi connectivity index (χ4v) is 1.75. The zero-order valence-corrected chi connectivity index (χ0v) is 8.52. The van der Waals surface area contributed by atoms with Crippen molar-refractivity contribution in [1.29, 1.82) is 0 Å². The van der Waals surface area contributed by atoms with Gasteiger partial charge in [0.2, 0.25) is 0 Å².